The second-order valence-electron chi connectivity index (χ2n) is 5.31. The summed E-state index contributed by atoms with van der Waals surface area (Å²) < 4.78 is 7.16. The predicted octanol–water partition coefficient (Wildman–Crippen LogP) is 3.39. The fraction of sp³-hybridized carbons (Fsp3) is 0.438. The number of hydrogen-bond acceptors (Lipinski definition) is 4. The van der Waals surface area contributed by atoms with Crippen molar-refractivity contribution < 1.29 is 4.74 Å². The molecule has 1 aromatic carbocycles. The normalized spacial score (nSPS) is 11.1. The van der Waals surface area contributed by atoms with Crippen molar-refractivity contribution in [1.82, 2.24) is 15.1 Å². The number of benzene rings is 1. The molecule has 0 spiro atoms. The summed E-state index contributed by atoms with van der Waals surface area (Å²) in [5.74, 6) is 0.877. The van der Waals surface area contributed by atoms with Crippen LogP contribution >= 0.6 is 11.8 Å². The number of aromatic nitrogens is 2. The molecule has 0 aliphatic rings. The maximum absolute atomic E-state index is 5.20. The minimum absolute atomic E-state index is 0.462. The Morgan fingerprint density at radius 2 is 1.95 bits per heavy atom. The first-order valence-corrected chi connectivity index (χ1v) is 7.90. The maximum atomic E-state index is 5.20. The second-order valence-corrected chi connectivity index (χ2v) is 6.37. The standard InChI is InChI=1S/C16H23N3OS/c1-11(2)17-10-15-12(3)18-19(4)16(15)21-14-8-6-13(20-5)7-9-14/h6-9,11,17H,10H2,1-5H3. The molecule has 0 aliphatic heterocycles. The Morgan fingerprint density at radius 1 is 1.29 bits per heavy atom. The highest BCUT2D eigenvalue weighted by molar-refractivity contribution is 7.99. The van der Waals surface area contributed by atoms with Crippen LogP contribution in [0.15, 0.2) is 34.2 Å². The summed E-state index contributed by atoms with van der Waals surface area (Å²) in [4.78, 5) is 1.18. The second kappa shape index (κ2) is 7.00. The van der Waals surface area contributed by atoms with E-state index in [1.165, 1.54) is 15.5 Å². The van der Waals surface area contributed by atoms with Crippen LogP contribution in [-0.4, -0.2) is 22.9 Å². The van der Waals surface area contributed by atoms with Crippen LogP contribution in [0.4, 0.5) is 0 Å². The average molecular weight is 305 g/mol. The van der Waals surface area contributed by atoms with Gasteiger partial charge in [-0.3, -0.25) is 4.68 Å². The monoisotopic (exact) mass is 305 g/mol. The zero-order valence-electron chi connectivity index (χ0n) is 13.3. The summed E-state index contributed by atoms with van der Waals surface area (Å²) in [6.45, 7) is 7.22. The van der Waals surface area contributed by atoms with Crippen molar-refractivity contribution in [2.75, 3.05) is 7.11 Å². The number of hydrogen-bond donors (Lipinski definition) is 1. The zero-order chi connectivity index (χ0) is 15.4. The summed E-state index contributed by atoms with van der Waals surface area (Å²) in [5.41, 5.74) is 2.36. The van der Waals surface area contributed by atoms with Crippen LogP contribution in [0.25, 0.3) is 0 Å². The number of ether oxygens (including phenoxy) is 1. The van der Waals surface area contributed by atoms with E-state index in [2.05, 4.69) is 43.3 Å². The van der Waals surface area contributed by atoms with Crippen LogP contribution in [-0.2, 0) is 13.6 Å². The summed E-state index contributed by atoms with van der Waals surface area (Å²) >= 11 is 1.74. The van der Waals surface area contributed by atoms with Crippen molar-refractivity contribution in [2.45, 2.75) is 43.3 Å². The van der Waals surface area contributed by atoms with Gasteiger partial charge in [0.05, 0.1) is 12.8 Å². The third kappa shape index (κ3) is 4.02. The summed E-state index contributed by atoms with van der Waals surface area (Å²) in [7, 11) is 3.68. The molecule has 0 saturated carbocycles. The first-order valence-electron chi connectivity index (χ1n) is 7.09. The minimum Gasteiger partial charge on any atom is -0.497 e. The van der Waals surface area contributed by atoms with Crippen LogP contribution in [0.1, 0.15) is 25.1 Å². The smallest absolute Gasteiger partial charge is 0.118 e. The molecule has 0 radical (unpaired) electrons. The molecule has 2 aromatic rings. The molecule has 0 saturated heterocycles. The van der Waals surface area contributed by atoms with Gasteiger partial charge in [0.1, 0.15) is 10.8 Å². The third-order valence-electron chi connectivity index (χ3n) is 3.25. The zero-order valence-corrected chi connectivity index (χ0v) is 14.1. The van der Waals surface area contributed by atoms with Gasteiger partial charge in [-0.25, -0.2) is 0 Å². The van der Waals surface area contributed by atoms with Crippen LogP contribution < -0.4 is 10.1 Å². The van der Waals surface area contributed by atoms with E-state index in [-0.39, 0.29) is 0 Å². The molecule has 0 aliphatic carbocycles. The van der Waals surface area contributed by atoms with Crippen molar-refractivity contribution in [3.8, 4) is 5.75 Å². The van der Waals surface area contributed by atoms with Crippen LogP contribution in [0.3, 0.4) is 0 Å². The lowest BCUT2D eigenvalue weighted by molar-refractivity contribution is 0.414. The van der Waals surface area contributed by atoms with E-state index in [1.807, 2.05) is 23.9 Å². The van der Waals surface area contributed by atoms with Crippen molar-refractivity contribution in [2.24, 2.45) is 7.05 Å². The Bertz CT molecular complexity index is 590. The highest BCUT2D eigenvalue weighted by Gasteiger charge is 2.14. The highest BCUT2D eigenvalue weighted by Crippen LogP contribution is 2.32. The summed E-state index contributed by atoms with van der Waals surface area (Å²) in [6.07, 6.45) is 0. The van der Waals surface area contributed by atoms with Gasteiger partial charge in [0.2, 0.25) is 0 Å². The summed E-state index contributed by atoms with van der Waals surface area (Å²) in [5, 5.41) is 9.21. The van der Waals surface area contributed by atoms with E-state index >= 15 is 0 Å². The van der Waals surface area contributed by atoms with Gasteiger partial charge in [-0.1, -0.05) is 25.6 Å². The molecule has 0 atom stereocenters. The lowest BCUT2D eigenvalue weighted by atomic mass is 10.2. The van der Waals surface area contributed by atoms with Gasteiger partial charge < -0.3 is 10.1 Å². The topological polar surface area (TPSA) is 39.1 Å². The van der Waals surface area contributed by atoms with Gasteiger partial charge in [-0.05, 0) is 31.2 Å². The molecule has 0 fully saturated rings. The van der Waals surface area contributed by atoms with Crippen LogP contribution in [0, 0.1) is 6.92 Å². The molecule has 2 rings (SSSR count). The van der Waals surface area contributed by atoms with E-state index in [1.54, 1.807) is 18.9 Å². The molecule has 4 nitrogen and oxygen atoms in total. The van der Waals surface area contributed by atoms with E-state index in [9.17, 15) is 0 Å². The van der Waals surface area contributed by atoms with Gasteiger partial charge in [-0.2, -0.15) is 5.10 Å². The number of nitrogens with one attached hydrogen (secondary N) is 1. The summed E-state index contributed by atoms with van der Waals surface area (Å²) in [6, 6.07) is 8.58. The molecule has 1 aromatic heterocycles. The van der Waals surface area contributed by atoms with E-state index in [0.29, 0.717) is 6.04 Å². The maximum Gasteiger partial charge on any atom is 0.118 e. The van der Waals surface area contributed by atoms with Crippen LogP contribution in [0.2, 0.25) is 0 Å². The molecule has 1 N–H and O–H groups in total. The number of methoxy groups -OCH3 is 1. The molecule has 0 bridgehead atoms. The minimum atomic E-state index is 0.462. The van der Waals surface area contributed by atoms with Gasteiger partial charge in [0.15, 0.2) is 0 Å². The van der Waals surface area contributed by atoms with Gasteiger partial charge in [-0.15, -0.1) is 0 Å². The molecule has 0 amide bonds. The Labute approximate surface area is 130 Å². The van der Waals surface area contributed by atoms with E-state index < -0.39 is 0 Å². The molecule has 1 heterocycles. The quantitative estimate of drug-likeness (QED) is 0.888. The number of nitrogens with zero attached hydrogens (tertiary/aromatic N) is 2. The van der Waals surface area contributed by atoms with Crippen molar-refractivity contribution >= 4 is 11.8 Å². The molecular formula is C16H23N3OS. The predicted molar refractivity (Wildman–Crippen MR) is 87.0 cm³/mol. The number of rotatable bonds is 6. The van der Waals surface area contributed by atoms with Crippen LogP contribution in [0.5, 0.6) is 5.75 Å². The third-order valence-corrected chi connectivity index (χ3v) is 4.46. The molecular weight excluding hydrogens is 282 g/mol. The van der Waals surface area contributed by atoms with Crippen molar-refractivity contribution in [1.29, 1.82) is 0 Å². The van der Waals surface area contributed by atoms with E-state index in [4.69, 9.17) is 4.74 Å². The van der Waals surface area contributed by atoms with Gasteiger partial charge in [0.25, 0.3) is 0 Å². The fourth-order valence-corrected chi connectivity index (χ4v) is 3.09. The van der Waals surface area contributed by atoms with Crippen molar-refractivity contribution in [3.63, 3.8) is 0 Å². The lowest BCUT2D eigenvalue weighted by Crippen LogP contribution is -2.22. The average Bonchev–Trinajstić information content (AvgIpc) is 2.72. The molecule has 114 valence electrons. The SMILES string of the molecule is COc1ccc(Sc2c(CNC(C)C)c(C)nn2C)cc1. The lowest BCUT2D eigenvalue weighted by Gasteiger charge is -2.10. The van der Waals surface area contributed by atoms with Crippen molar-refractivity contribution in [3.05, 3.63) is 35.5 Å². The number of aryl methyl sites for hydroxylation is 2. The Morgan fingerprint density at radius 3 is 2.52 bits per heavy atom. The van der Waals surface area contributed by atoms with E-state index in [0.717, 1.165) is 18.0 Å². The Balaban J connectivity index is 2.21. The largest absolute Gasteiger partial charge is 0.497 e. The van der Waals surface area contributed by atoms with Gasteiger partial charge in [0, 0.05) is 30.1 Å². The molecule has 21 heavy (non-hydrogen) atoms. The Kier molecular flexibility index (Phi) is 5.31. The molecule has 5 heteroatoms. The Hall–Kier alpha value is -1.46. The highest BCUT2D eigenvalue weighted by atomic mass is 32.2. The fourth-order valence-electron chi connectivity index (χ4n) is 2.07. The molecule has 0 unspecified atom stereocenters. The first-order chi connectivity index (χ1) is 10.0. The van der Waals surface area contributed by atoms with Gasteiger partial charge >= 0.3 is 0 Å². The first kappa shape index (κ1) is 15.9.